The number of halogens is 1. The lowest BCUT2D eigenvalue weighted by molar-refractivity contribution is 0.183. The van der Waals surface area contributed by atoms with E-state index in [1.165, 1.54) is 32.4 Å². The van der Waals surface area contributed by atoms with Gasteiger partial charge < -0.3 is 15.8 Å². The van der Waals surface area contributed by atoms with Crippen LogP contribution in [-0.2, 0) is 0 Å². The molecule has 1 fully saturated rings. The number of piperidine rings is 1. The van der Waals surface area contributed by atoms with E-state index in [9.17, 15) is 0 Å². The number of thiocarbonyl (C=S) groups is 1. The van der Waals surface area contributed by atoms with Crippen LogP contribution in [0.1, 0.15) is 19.3 Å². The third-order valence-corrected chi connectivity index (χ3v) is 3.71. The van der Waals surface area contributed by atoms with Crippen molar-refractivity contribution in [2.75, 3.05) is 31.6 Å². The molecule has 3 N–H and O–H groups in total. The van der Waals surface area contributed by atoms with Gasteiger partial charge in [0.15, 0.2) is 5.11 Å². The molecule has 20 heavy (non-hydrogen) atoms. The lowest BCUT2D eigenvalue weighted by atomic mass is 10.1. The molecule has 0 unspecified atom stereocenters. The molecule has 0 amide bonds. The minimum Gasteiger partial charge on any atom is -0.491 e. The van der Waals surface area contributed by atoms with Crippen molar-refractivity contribution in [2.45, 2.75) is 19.3 Å². The van der Waals surface area contributed by atoms with Gasteiger partial charge in [0.05, 0.1) is 5.02 Å². The summed E-state index contributed by atoms with van der Waals surface area (Å²) in [5, 5.41) is 3.62. The van der Waals surface area contributed by atoms with E-state index >= 15 is 0 Å². The van der Waals surface area contributed by atoms with E-state index in [4.69, 9.17) is 34.3 Å². The number of anilines is 1. The summed E-state index contributed by atoms with van der Waals surface area (Å²) in [6.45, 7) is 3.95. The van der Waals surface area contributed by atoms with E-state index < -0.39 is 0 Å². The van der Waals surface area contributed by atoms with Crippen molar-refractivity contribution in [2.24, 2.45) is 5.73 Å². The molecule has 0 bridgehead atoms. The summed E-state index contributed by atoms with van der Waals surface area (Å²) >= 11 is 11.0. The van der Waals surface area contributed by atoms with Gasteiger partial charge in [-0.05, 0) is 56.3 Å². The lowest BCUT2D eigenvalue weighted by Crippen LogP contribution is -2.33. The molecule has 1 heterocycles. The second kappa shape index (κ2) is 7.67. The molecule has 0 aliphatic carbocycles. The number of rotatable bonds is 5. The SMILES string of the molecule is NC(=S)Nc1ccc(OCCN2CCCCC2)c(Cl)c1. The highest BCUT2D eigenvalue weighted by Gasteiger charge is 2.10. The molecule has 0 saturated carbocycles. The van der Waals surface area contributed by atoms with Gasteiger partial charge in [-0.1, -0.05) is 18.0 Å². The lowest BCUT2D eigenvalue weighted by Gasteiger charge is -2.26. The van der Waals surface area contributed by atoms with Gasteiger partial charge in [0, 0.05) is 12.2 Å². The van der Waals surface area contributed by atoms with Crippen molar-refractivity contribution >= 4 is 34.6 Å². The number of nitrogens with zero attached hydrogens (tertiary/aromatic N) is 1. The van der Waals surface area contributed by atoms with Gasteiger partial charge in [0.25, 0.3) is 0 Å². The standard InChI is InChI=1S/C14H20ClN3OS/c15-12-10-11(17-14(16)20)4-5-13(12)19-9-8-18-6-2-1-3-7-18/h4-5,10H,1-3,6-9H2,(H3,16,17,20). The summed E-state index contributed by atoms with van der Waals surface area (Å²) < 4.78 is 5.73. The molecule has 1 saturated heterocycles. The molecule has 1 aromatic carbocycles. The number of benzene rings is 1. The zero-order chi connectivity index (χ0) is 14.4. The molecular weight excluding hydrogens is 294 g/mol. The highest BCUT2D eigenvalue weighted by Crippen LogP contribution is 2.27. The summed E-state index contributed by atoms with van der Waals surface area (Å²) in [5.74, 6) is 0.692. The largest absolute Gasteiger partial charge is 0.491 e. The van der Waals surface area contributed by atoms with Crippen molar-refractivity contribution < 1.29 is 4.74 Å². The first-order valence-corrected chi connectivity index (χ1v) is 7.65. The van der Waals surface area contributed by atoms with Crippen molar-refractivity contribution in [1.29, 1.82) is 0 Å². The van der Waals surface area contributed by atoms with Crippen LogP contribution in [0, 0.1) is 0 Å². The number of likely N-dealkylation sites (tertiary alicyclic amines) is 1. The van der Waals surface area contributed by atoms with Gasteiger partial charge in [0.2, 0.25) is 0 Å². The Morgan fingerprint density at radius 2 is 2.10 bits per heavy atom. The predicted octanol–water partition coefficient (Wildman–Crippen LogP) is 2.86. The van der Waals surface area contributed by atoms with E-state index in [-0.39, 0.29) is 5.11 Å². The Morgan fingerprint density at radius 3 is 2.75 bits per heavy atom. The number of nitrogens with two attached hydrogens (primary N) is 1. The maximum atomic E-state index is 6.17. The average molecular weight is 314 g/mol. The molecule has 0 aromatic heterocycles. The second-order valence-corrected chi connectivity index (χ2v) is 5.73. The molecule has 0 radical (unpaired) electrons. The van der Waals surface area contributed by atoms with Gasteiger partial charge in [-0.2, -0.15) is 0 Å². The van der Waals surface area contributed by atoms with Crippen molar-refractivity contribution in [3.63, 3.8) is 0 Å². The molecule has 110 valence electrons. The van der Waals surface area contributed by atoms with Crippen molar-refractivity contribution in [3.05, 3.63) is 23.2 Å². The second-order valence-electron chi connectivity index (χ2n) is 4.89. The highest BCUT2D eigenvalue weighted by molar-refractivity contribution is 7.80. The first-order chi connectivity index (χ1) is 9.65. The Bertz CT molecular complexity index is 464. The van der Waals surface area contributed by atoms with Gasteiger partial charge in [-0.15, -0.1) is 0 Å². The molecule has 1 aliphatic heterocycles. The summed E-state index contributed by atoms with van der Waals surface area (Å²) in [6, 6.07) is 5.44. The van der Waals surface area contributed by atoms with Crippen LogP contribution >= 0.6 is 23.8 Å². The third-order valence-electron chi connectivity index (χ3n) is 3.31. The van der Waals surface area contributed by atoms with E-state index in [0.717, 1.165) is 12.2 Å². The van der Waals surface area contributed by atoms with Crippen LogP contribution in [0.25, 0.3) is 0 Å². The monoisotopic (exact) mass is 313 g/mol. The fourth-order valence-electron chi connectivity index (χ4n) is 2.31. The Morgan fingerprint density at radius 1 is 1.35 bits per heavy atom. The van der Waals surface area contributed by atoms with Crippen molar-refractivity contribution in [3.8, 4) is 5.75 Å². The molecule has 0 spiro atoms. The maximum Gasteiger partial charge on any atom is 0.168 e. The fraction of sp³-hybridized carbons (Fsp3) is 0.500. The number of hydrogen-bond acceptors (Lipinski definition) is 3. The fourth-order valence-corrected chi connectivity index (χ4v) is 2.66. The first-order valence-electron chi connectivity index (χ1n) is 6.86. The smallest absolute Gasteiger partial charge is 0.168 e. The van der Waals surface area contributed by atoms with Gasteiger partial charge in [0.1, 0.15) is 12.4 Å². The minimum absolute atomic E-state index is 0.222. The van der Waals surface area contributed by atoms with Crippen LogP contribution in [-0.4, -0.2) is 36.3 Å². The Kier molecular flexibility index (Phi) is 5.88. The van der Waals surface area contributed by atoms with Crippen LogP contribution in [0.2, 0.25) is 5.02 Å². The summed E-state index contributed by atoms with van der Waals surface area (Å²) in [4.78, 5) is 2.43. The zero-order valence-electron chi connectivity index (χ0n) is 11.4. The number of ether oxygens (including phenoxy) is 1. The summed E-state index contributed by atoms with van der Waals surface area (Å²) in [5.41, 5.74) is 6.19. The molecule has 6 heteroatoms. The Balaban J connectivity index is 1.81. The number of hydrogen-bond donors (Lipinski definition) is 2. The molecule has 1 aromatic rings. The summed E-state index contributed by atoms with van der Waals surface area (Å²) in [7, 11) is 0. The first kappa shape index (κ1) is 15.4. The highest BCUT2D eigenvalue weighted by atomic mass is 35.5. The van der Waals surface area contributed by atoms with E-state index in [1.54, 1.807) is 6.07 Å². The Labute approximate surface area is 130 Å². The molecular formula is C14H20ClN3OS. The zero-order valence-corrected chi connectivity index (χ0v) is 13.0. The maximum absolute atomic E-state index is 6.17. The van der Waals surface area contributed by atoms with E-state index in [0.29, 0.717) is 17.4 Å². The van der Waals surface area contributed by atoms with Crippen LogP contribution in [0.5, 0.6) is 5.75 Å². The predicted molar refractivity (Wildman–Crippen MR) is 87.6 cm³/mol. The average Bonchev–Trinajstić information content (AvgIpc) is 2.42. The Hall–Kier alpha value is -1.04. The van der Waals surface area contributed by atoms with Gasteiger partial charge >= 0.3 is 0 Å². The minimum atomic E-state index is 0.222. The van der Waals surface area contributed by atoms with Crippen molar-refractivity contribution in [1.82, 2.24) is 4.90 Å². The van der Waals surface area contributed by atoms with E-state index in [2.05, 4.69) is 10.2 Å². The molecule has 0 atom stereocenters. The topological polar surface area (TPSA) is 50.5 Å². The summed E-state index contributed by atoms with van der Waals surface area (Å²) in [6.07, 6.45) is 3.93. The quantitative estimate of drug-likeness (QED) is 0.819. The normalized spacial score (nSPS) is 15.8. The van der Waals surface area contributed by atoms with Gasteiger partial charge in [-0.25, -0.2) is 0 Å². The third kappa shape index (κ3) is 4.81. The molecule has 1 aliphatic rings. The molecule has 4 nitrogen and oxygen atoms in total. The number of nitrogens with one attached hydrogen (secondary N) is 1. The van der Waals surface area contributed by atoms with Gasteiger partial charge in [-0.3, -0.25) is 4.90 Å². The van der Waals surface area contributed by atoms with Crippen LogP contribution in [0.15, 0.2) is 18.2 Å². The molecule has 2 rings (SSSR count). The van der Waals surface area contributed by atoms with E-state index in [1.807, 2.05) is 12.1 Å². The van der Waals surface area contributed by atoms with Crippen LogP contribution in [0.3, 0.4) is 0 Å². The van der Waals surface area contributed by atoms with Crippen LogP contribution < -0.4 is 15.8 Å². The van der Waals surface area contributed by atoms with Crippen LogP contribution in [0.4, 0.5) is 5.69 Å².